The van der Waals surface area contributed by atoms with Crippen molar-refractivity contribution >= 4 is 105 Å². The first-order chi connectivity index (χ1) is 27.4. The van der Waals surface area contributed by atoms with Crippen LogP contribution >= 0.6 is 56.7 Å². The van der Waals surface area contributed by atoms with Gasteiger partial charge in [-0.25, -0.2) is 0 Å². The molecule has 56 heavy (non-hydrogen) atoms. The number of nitrogens with zero attached hydrogens (tertiary/aromatic N) is 3. The summed E-state index contributed by atoms with van der Waals surface area (Å²) in [6.45, 7) is 5.97. The van der Waals surface area contributed by atoms with E-state index in [0.29, 0.717) is 0 Å². The smallest absolute Gasteiger partial charge is 0.0944 e. The Morgan fingerprint density at radius 3 is 1.39 bits per heavy atom. The van der Waals surface area contributed by atoms with E-state index in [-0.39, 0.29) is 0 Å². The van der Waals surface area contributed by atoms with Crippen LogP contribution in [-0.2, 0) is 6.42 Å². The topological polar surface area (TPSA) is 50.8 Å². The summed E-state index contributed by atoms with van der Waals surface area (Å²) in [7, 11) is 0. The van der Waals surface area contributed by atoms with Crippen molar-refractivity contribution in [3.8, 4) is 43.5 Å². The van der Waals surface area contributed by atoms with Gasteiger partial charge < -0.3 is 4.90 Å². The summed E-state index contributed by atoms with van der Waals surface area (Å²) < 4.78 is 5.00. The van der Waals surface area contributed by atoms with Gasteiger partial charge >= 0.3 is 0 Å². The van der Waals surface area contributed by atoms with Gasteiger partial charge in [0.15, 0.2) is 0 Å². The number of aryl methyl sites for hydroxylation is 1. The summed E-state index contributed by atoms with van der Waals surface area (Å²) in [4.78, 5) is 9.85. The molecule has 0 aliphatic rings. The third kappa shape index (κ3) is 8.37. The molecule has 0 saturated heterocycles. The van der Waals surface area contributed by atoms with Crippen LogP contribution in [0.25, 0.3) is 62.3 Å². The van der Waals surface area contributed by atoms with Crippen LogP contribution in [0.4, 0.5) is 17.1 Å². The first-order valence-corrected chi connectivity index (χ1v) is 22.9. The maximum absolute atomic E-state index is 9.21. The van der Waals surface area contributed by atoms with Crippen LogP contribution in [0.15, 0.2) is 120 Å². The summed E-state index contributed by atoms with van der Waals surface area (Å²) in [6, 6.07) is 44.8. The molecule has 0 bridgehead atoms. The number of rotatable bonds is 13. The van der Waals surface area contributed by atoms with E-state index in [1.165, 1.54) is 80.7 Å². The maximum atomic E-state index is 9.21. The van der Waals surface area contributed by atoms with Crippen molar-refractivity contribution in [1.29, 1.82) is 10.5 Å². The van der Waals surface area contributed by atoms with Crippen LogP contribution in [0.5, 0.6) is 0 Å². The number of allylic oxidation sites excluding steroid dienone is 2. The summed E-state index contributed by atoms with van der Waals surface area (Å²) in [5, 5.41) is 18.4. The van der Waals surface area contributed by atoms with Crippen molar-refractivity contribution in [3.63, 3.8) is 0 Å². The monoisotopic (exact) mass is 817 g/mol. The van der Waals surface area contributed by atoms with E-state index in [0.717, 1.165) is 44.4 Å². The molecule has 0 unspecified atom stereocenters. The van der Waals surface area contributed by atoms with Gasteiger partial charge in [0, 0.05) is 76.3 Å². The zero-order valence-electron chi connectivity index (χ0n) is 31.5. The van der Waals surface area contributed by atoms with Crippen LogP contribution < -0.4 is 4.90 Å². The number of anilines is 3. The zero-order chi connectivity index (χ0) is 38.6. The summed E-state index contributed by atoms with van der Waals surface area (Å²) in [6.07, 6.45) is 10.2. The van der Waals surface area contributed by atoms with Gasteiger partial charge in [-0.05, 0) is 128 Å². The lowest BCUT2D eigenvalue weighted by Gasteiger charge is -2.26. The second-order valence-electron chi connectivity index (χ2n) is 13.9. The van der Waals surface area contributed by atoms with Gasteiger partial charge in [-0.2, -0.15) is 10.5 Å². The highest BCUT2D eigenvalue weighted by atomic mass is 32.1. The fourth-order valence-electron chi connectivity index (χ4n) is 6.79. The molecule has 5 aromatic heterocycles. The van der Waals surface area contributed by atoms with Gasteiger partial charge in [0.05, 0.1) is 12.1 Å². The molecule has 0 fully saturated rings. The second-order valence-corrected chi connectivity index (χ2v) is 19.5. The summed E-state index contributed by atoms with van der Waals surface area (Å²) in [5.74, 6) is 0. The average molecular weight is 818 g/mol. The van der Waals surface area contributed by atoms with Gasteiger partial charge in [0.25, 0.3) is 0 Å². The van der Waals surface area contributed by atoms with E-state index in [9.17, 15) is 10.5 Å². The molecule has 0 saturated carbocycles. The lowest BCUT2D eigenvalue weighted by Crippen LogP contribution is -2.09. The molecule has 276 valence electrons. The number of thiophene rings is 5. The highest BCUT2D eigenvalue weighted by Crippen LogP contribution is 2.43. The standard InChI is InChI=1S/C48H39N3S5/c1-4-5-6-7-8-39-21-22-42(52-39)33-9-15-36(16-10-33)51(37-17-11-34(12-18-37)43-27-47-45(55-43)25-40(53-47)23-31(2)29-49)38-19-13-35(14-20-38)44-28-48-46(56-44)26-41(54-48)24-32(3)30-50/h9-28H,4-8H2,1-3H3/b31-23-,32-24-. The lowest BCUT2D eigenvalue weighted by atomic mass is 10.1. The maximum Gasteiger partial charge on any atom is 0.0944 e. The molecule has 0 aliphatic heterocycles. The minimum absolute atomic E-state index is 0.721. The number of hydrogen-bond donors (Lipinski definition) is 0. The van der Waals surface area contributed by atoms with Gasteiger partial charge in [-0.15, -0.1) is 56.7 Å². The van der Waals surface area contributed by atoms with E-state index < -0.39 is 0 Å². The normalized spacial score (nSPS) is 12.0. The molecule has 8 rings (SSSR count). The largest absolute Gasteiger partial charge is 0.311 e. The molecule has 0 amide bonds. The molecule has 5 heterocycles. The van der Waals surface area contributed by atoms with Gasteiger partial charge in [0.2, 0.25) is 0 Å². The van der Waals surface area contributed by atoms with Crippen LogP contribution in [0.3, 0.4) is 0 Å². The van der Waals surface area contributed by atoms with Gasteiger partial charge in [-0.3, -0.25) is 0 Å². The van der Waals surface area contributed by atoms with E-state index in [2.05, 4.69) is 133 Å². The van der Waals surface area contributed by atoms with Crippen molar-refractivity contribution < 1.29 is 0 Å². The molecular formula is C48H39N3S5. The Bertz CT molecular complexity index is 2560. The van der Waals surface area contributed by atoms with E-state index in [1.54, 1.807) is 45.3 Å². The number of unbranched alkanes of at least 4 members (excludes halogenated alkanes) is 3. The van der Waals surface area contributed by atoms with Crippen molar-refractivity contribution in [2.75, 3.05) is 4.90 Å². The van der Waals surface area contributed by atoms with E-state index >= 15 is 0 Å². The molecule has 8 aromatic rings. The average Bonchev–Trinajstić information content (AvgIpc) is 4.06. The summed E-state index contributed by atoms with van der Waals surface area (Å²) >= 11 is 8.98. The molecule has 0 spiro atoms. The Balaban J connectivity index is 1.08. The third-order valence-electron chi connectivity index (χ3n) is 9.69. The fraction of sp³-hybridized carbons (Fsp3) is 0.167. The van der Waals surface area contributed by atoms with Crippen LogP contribution in [0, 0.1) is 22.7 Å². The van der Waals surface area contributed by atoms with E-state index in [4.69, 9.17) is 0 Å². The highest BCUT2D eigenvalue weighted by Gasteiger charge is 2.16. The van der Waals surface area contributed by atoms with Crippen LogP contribution in [0.1, 0.15) is 61.1 Å². The molecule has 0 atom stereocenters. The molecule has 8 heteroatoms. The summed E-state index contributed by atoms with van der Waals surface area (Å²) in [5.41, 5.74) is 8.39. The predicted molar refractivity (Wildman–Crippen MR) is 248 cm³/mol. The zero-order valence-corrected chi connectivity index (χ0v) is 35.5. The number of hydrogen-bond acceptors (Lipinski definition) is 8. The van der Waals surface area contributed by atoms with Gasteiger partial charge in [0.1, 0.15) is 0 Å². The Morgan fingerprint density at radius 1 is 0.518 bits per heavy atom. The van der Waals surface area contributed by atoms with Gasteiger partial charge in [-0.1, -0.05) is 62.6 Å². The highest BCUT2D eigenvalue weighted by molar-refractivity contribution is 7.30. The Morgan fingerprint density at radius 2 is 0.964 bits per heavy atom. The SMILES string of the molecule is CCCCCCc1ccc(-c2ccc(N(c3ccc(-c4cc5sc(/C=C(/C)C#N)cc5s4)cc3)c3ccc(-c4cc5sc(/C=C(/C)C#N)cc5s4)cc3)cc2)s1. The molecule has 0 radical (unpaired) electrons. The van der Waals surface area contributed by atoms with Crippen molar-refractivity contribution in [2.24, 2.45) is 0 Å². The van der Waals surface area contributed by atoms with Crippen molar-refractivity contribution in [2.45, 2.75) is 52.9 Å². The minimum atomic E-state index is 0.721. The molecule has 0 aliphatic carbocycles. The number of fused-ring (bicyclic) bond motifs is 2. The Kier molecular flexibility index (Phi) is 11.5. The van der Waals surface area contributed by atoms with Crippen molar-refractivity contribution in [1.82, 2.24) is 0 Å². The predicted octanol–water partition coefficient (Wildman–Crippen LogP) is 16.7. The van der Waals surface area contributed by atoms with Crippen LogP contribution in [0.2, 0.25) is 0 Å². The molecule has 0 N–H and O–H groups in total. The van der Waals surface area contributed by atoms with Crippen molar-refractivity contribution in [3.05, 3.63) is 135 Å². The Hall–Kier alpha value is -5.06. The molecule has 3 aromatic carbocycles. The molecule has 3 nitrogen and oxygen atoms in total. The lowest BCUT2D eigenvalue weighted by molar-refractivity contribution is 0.670. The quantitative estimate of drug-likeness (QED) is 0.0860. The van der Waals surface area contributed by atoms with Crippen LogP contribution in [-0.4, -0.2) is 0 Å². The third-order valence-corrected chi connectivity index (χ3v) is 15.5. The number of benzene rings is 3. The minimum Gasteiger partial charge on any atom is -0.311 e. The second kappa shape index (κ2) is 17.0. The van der Waals surface area contributed by atoms with E-state index in [1.807, 2.05) is 37.3 Å². The molecular weight excluding hydrogens is 779 g/mol. The first-order valence-electron chi connectivity index (χ1n) is 18.8. The Labute approximate surface area is 349 Å². The number of nitriles is 2. The fourth-order valence-corrected chi connectivity index (χ4v) is 12.7. The first kappa shape index (κ1) is 37.8.